The van der Waals surface area contributed by atoms with E-state index in [0.717, 1.165) is 0 Å². The van der Waals surface area contributed by atoms with Gasteiger partial charge in [0, 0.05) is 21.7 Å². The third-order valence-corrected chi connectivity index (χ3v) is 4.83. The summed E-state index contributed by atoms with van der Waals surface area (Å²) < 4.78 is 10.2. The zero-order valence-corrected chi connectivity index (χ0v) is 16.9. The number of nitrogens with one attached hydrogen (secondary N) is 1. The van der Waals surface area contributed by atoms with Gasteiger partial charge in [0.05, 0.1) is 24.3 Å². The molecule has 0 amide bonds. The van der Waals surface area contributed by atoms with Crippen LogP contribution < -0.4 is 34.1 Å². The minimum Gasteiger partial charge on any atom is -0.669 e. The van der Waals surface area contributed by atoms with Gasteiger partial charge in [0.2, 0.25) is 0 Å². The van der Waals surface area contributed by atoms with Gasteiger partial charge in [0.25, 0.3) is 0 Å². The third kappa shape index (κ3) is 4.91. The van der Waals surface area contributed by atoms with E-state index in [9.17, 15) is 0 Å². The second kappa shape index (κ2) is 9.59. The molecule has 0 fully saturated rings. The summed E-state index contributed by atoms with van der Waals surface area (Å²) in [7, 11) is 3.01. The van der Waals surface area contributed by atoms with E-state index in [4.69, 9.17) is 67.3 Å². The maximum Gasteiger partial charge on any atom is 1.00 e. The van der Waals surface area contributed by atoms with Crippen molar-refractivity contribution in [3.8, 4) is 11.5 Å². The summed E-state index contributed by atoms with van der Waals surface area (Å²) in [6.07, 6.45) is 0. The number of benzene rings is 2. The summed E-state index contributed by atoms with van der Waals surface area (Å²) in [6, 6.07) is 4.53. The molecule has 0 saturated heterocycles. The molecule has 2 unspecified atom stereocenters. The molecule has 0 spiro atoms. The first-order chi connectivity index (χ1) is 11.3. The van der Waals surface area contributed by atoms with Crippen LogP contribution in [0.2, 0.25) is 20.1 Å². The summed E-state index contributed by atoms with van der Waals surface area (Å²) in [5.41, 5.74) is 15.5. The van der Waals surface area contributed by atoms with Crippen LogP contribution in [0.1, 0.15) is 23.2 Å². The monoisotopic (exact) mass is 414 g/mol. The Labute approximate surface area is 178 Å². The van der Waals surface area contributed by atoms with E-state index in [1.54, 1.807) is 24.3 Å². The van der Waals surface area contributed by atoms with Gasteiger partial charge in [-0.1, -0.05) is 52.4 Å². The third-order valence-electron chi connectivity index (χ3n) is 3.58. The summed E-state index contributed by atoms with van der Waals surface area (Å²) in [5.74, 6) is 0.998. The molecule has 2 rings (SSSR count). The topological polar surface area (TPSA) is 68.3 Å². The fourth-order valence-corrected chi connectivity index (χ4v) is 3.74. The quantitative estimate of drug-likeness (QED) is 0.762. The molecule has 0 bridgehead atoms. The van der Waals surface area contributed by atoms with Crippen LogP contribution in [0.5, 0.6) is 11.5 Å². The van der Waals surface area contributed by atoms with Crippen molar-refractivity contribution in [2.75, 3.05) is 14.2 Å². The Balaban J connectivity index is 0.00000312. The number of halogens is 4. The van der Waals surface area contributed by atoms with Gasteiger partial charge in [0.15, 0.2) is 0 Å². The normalized spacial score (nSPS) is 13.0. The molecule has 0 aromatic heterocycles. The maximum atomic E-state index is 8.47. The van der Waals surface area contributed by atoms with Crippen LogP contribution in [0.3, 0.4) is 0 Å². The van der Waals surface area contributed by atoms with Crippen LogP contribution >= 0.6 is 46.4 Å². The Morgan fingerprint density at radius 1 is 0.800 bits per heavy atom. The van der Waals surface area contributed by atoms with E-state index in [1.165, 1.54) is 14.2 Å². The van der Waals surface area contributed by atoms with E-state index in [2.05, 4.69) is 0 Å². The van der Waals surface area contributed by atoms with Crippen LogP contribution in [0.4, 0.5) is 0 Å². The van der Waals surface area contributed by atoms with Gasteiger partial charge in [-0.3, -0.25) is 0 Å². The summed E-state index contributed by atoms with van der Waals surface area (Å²) in [6.45, 7) is 0. The van der Waals surface area contributed by atoms with Crippen molar-refractivity contribution < 1.29 is 28.3 Å². The van der Waals surface area contributed by atoms with Gasteiger partial charge < -0.3 is 20.9 Å². The largest absolute Gasteiger partial charge is 1.00 e. The van der Waals surface area contributed by atoms with E-state index in [-0.39, 0.29) is 28.9 Å². The molecule has 2 atom stereocenters. The molecule has 9 heteroatoms. The molecule has 25 heavy (non-hydrogen) atoms. The second-order valence-corrected chi connectivity index (χ2v) is 6.64. The second-order valence-electron chi connectivity index (χ2n) is 5.01. The molecule has 0 aliphatic heterocycles. The van der Waals surface area contributed by atoms with Crippen LogP contribution in [-0.4, -0.2) is 14.2 Å². The Morgan fingerprint density at radius 3 is 1.44 bits per heavy atom. The Morgan fingerprint density at radius 2 is 1.12 bits per heavy atom. The number of ether oxygens (including phenoxy) is 2. The number of hydrogen-bond donors (Lipinski definition) is 1. The zero-order chi connectivity index (χ0) is 18.0. The molecule has 0 aliphatic carbocycles. The van der Waals surface area contributed by atoms with E-state index >= 15 is 0 Å². The van der Waals surface area contributed by atoms with Gasteiger partial charge in [-0.25, -0.2) is 0 Å². The van der Waals surface area contributed by atoms with E-state index < -0.39 is 12.1 Å². The van der Waals surface area contributed by atoms with Crippen molar-refractivity contribution in [2.24, 2.45) is 5.73 Å². The smallest absolute Gasteiger partial charge is 0.669 e. The van der Waals surface area contributed by atoms with Crippen LogP contribution in [0, 0.1) is 0 Å². The molecule has 2 aromatic rings. The fourth-order valence-electron chi connectivity index (χ4n) is 2.32. The summed E-state index contributed by atoms with van der Waals surface area (Å²) in [4.78, 5) is 0. The minimum atomic E-state index is -0.973. The average molecular weight is 416 g/mol. The number of rotatable bonds is 5. The van der Waals surface area contributed by atoms with E-state index in [0.29, 0.717) is 32.7 Å². The number of hydrogen-bond acceptors (Lipinski definition) is 3. The van der Waals surface area contributed by atoms with Crippen molar-refractivity contribution in [1.82, 2.24) is 0 Å². The first-order valence-electron chi connectivity index (χ1n) is 6.82. The first-order valence-corrected chi connectivity index (χ1v) is 8.33. The Hall–Kier alpha value is -0.283. The molecule has 3 N–H and O–H groups in total. The molecular formula is C16H15Cl4LiN2O2. The van der Waals surface area contributed by atoms with Gasteiger partial charge in [-0.15, -0.1) is 0 Å². The first kappa shape index (κ1) is 22.8. The van der Waals surface area contributed by atoms with Gasteiger partial charge in [-0.2, -0.15) is 0 Å². The van der Waals surface area contributed by atoms with Crippen molar-refractivity contribution in [2.45, 2.75) is 12.1 Å². The molecule has 0 heterocycles. The van der Waals surface area contributed by atoms with Crippen LogP contribution in [0.15, 0.2) is 24.3 Å². The summed E-state index contributed by atoms with van der Waals surface area (Å²) in [5, 5.41) is 1.20. The van der Waals surface area contributed by atoms with Crippen molar-refractivity contribution in [3.05, 3.63) is 61.2 Å². The zero-order valence-electron chi connectivity index (χ0n) is 13.9. The van der Waals surface area contributed by atoms with Gasteiger partial charge >= 0.3 is 18.9 Å². The summed E-state index contributed by atoms with van der Waals surface area (Å²) >= 11 is 25.0. The fraction of sp³-hybridized carbons (Fsp3) is 0.250. The molecular weight excluding hydrogens is 401 g/mol. The van der Waals surface area contributed by atoms with Crippen LogP contribution in [0.25, 0.3) is 5.73 Å². The van der Waals surface area contributed by atoms with Gasteiger partial charge in [-0.05, 0) is 29.8 Å². The molecule has 2 aromatic carbocycles. The van der Waals surface area contributed by atoms with Gasteiger partial charge in [0.1, 0.15) is 11.5 Å². The molecule has 130 valence electrons. The maximum absolute atomic E-state index is 8.47. The van der Waals surface area contributed by atoms with Crippen molar-refractivity contribution in [3.63, 3.8) is 0 Å². The predicted octanol–water partition coefficient (Wildman–Crippen LogP) is 3.11. The minimum absolute atomic E-state index is 0. The molecule has 0 saturated carbocycles. The molecule has 0 aliphatic rings. The number of nitrogens with two attached hydrogens (primary N) is 1. The molecule has 4 nitrogen and oxygen atoms in total. The predicted molar refractivity (Wildman–Crippen MR) is 100 cm³/mol. The average Bonchev–Trinajstić information content (AvgIpc) is 2.52. The van der Waals surface area contributed by atoms with Crippen molar-refractivity contribution in [1.29, 1.82) is 0 Å². The SMILES string of the molecule is COc1cc(Cl)c(C([NH-])C(N)c2c(Cl)cc(OC)cc2Cl)c(Cl)c1.[Li+]. The van der Waals surface area contributed by atoms with Crippen molar-refractivity contribution >= 4 is 46.4 Å². The van der Waals surface area contributed by atoms with Crippen LogP contribution in [-0.2, 0) is 0 Å². The molecule has 0 radical (unpaired) electrons. The van der Waals surface area contributed by atoms with E-state index in [1.807, 2.05) is 0 Å². The Kier molecular flexibility index (Phi) is 8.73. The Bertz CT molecular complexity index is 651. The number of methoxy groups -OCH3 is 2. The standard InChI is InChI=1S/C16H15Cl4N2O2.Li/c1-23-7-3-9(17)13(10(18)4-7)15(21)16(22)14-11(19)5-8(24-2)6-12(14)20;/h3-6,15-16,21H,22H2,1-2H3;/q-1;+1.